The summed E-state index contributed by atoms with van der Waals surface area (Å²) in [6, 6.07) is 21.3. The number of ether oxygens (including phenoxy) is 1. The summed E-state index contributed by atoms with van der Waals surface area (Å²) in [7, 11) is 3.63. The average molecular weight is 1030 g/mol. The lowest BCUT2D eigenvalue weighted by atomic mass is 9.72. The summed E-state index contributed by atoms with van der Waals surface area (Å²) in [6.45, 7) is 5.31. The highest BCUT2D eigenvalue weighted by Gasteiger charge is 2.40. The molecule has 4 amide bonds. The van der Waals surface area contributed by atoms with Gasteiger partial charge in [0.25, 0.3) is 11.8 Å². The Bertz CT molecular complexity index is 3210. The minimum atomic E-state index is -4.71. The number of aryl methyl sites for hydroxylation is 1. The molecule has 3 aromatic carbocycles. The van der Waals surface area contributed by atoms with Crippen LogP contribution in [0.3, 0.4) is 0 Å². The van der Waals surface area contributed by atoms with Crippen LogP contribution in [0.1, 0.15) is 99.7 Å². The first kappa shape index (κ1) is 49.9. The summed E-state index contributed by atoms with van der Waals surface area (Å²) in [6.07, 6.45) is 4.84. The molecule has 1 aliphatic carbocycles. The Hall–Kier alpha value is -7.32. The highest BCUT2D eigenvalue weighted by atomic mass is 19.4. The molecule has 3 aromatic heterocycles. The van der Waals surface area contributed by atoms with Gasteiger partial charge in [0, 0.05) is 114 Å². The standard InChI is InChI=1S/C55H60F3N11O6/c1-62(52(72)37-11-13-40(14-12-37)65-20-22-66(23-21-65)41-15-16-44-39(28-41)31-68(53(44)73)46-17-18-48(70)60-51(46)71)24-25-75-43-10-5-19-64(32-43)29-35-26-45(55(56,57)58)47-33-67(54(74)69(47)30-35)42-9-4-8-38(27-42)49(36-6-3-7-36)50-61-59-34-63(50)2/h4,8-9,11-16,26-28,30,33-34,36,43,46,49H,3,5-7,10,17-25,29,31-32H2,1-2H3,(H,60,70,71)/t43?,46?,49-/m1/s1. The van der Waals surface area contributed by atoms with E-state index in [9.17, 15) is 37.1 Å². The molecule has 11 rings (SSSR count). The highest BCUT2D eigenvalue weighted by molar-refractivity contribution is 6.05. The van der Waals surface area contributed by atoms with Crippen molar-refractivity contribution in [3.05, 3.63) is 141 Å². The van der Waals surface area contributed by atoms with Crippen molar-refractivity contribution in [2.75, 3.05) is 69.3 Å². The predicted molar refractivity (Wildman–Crippen MR) is 273 cm³/mol. The molecule has 3 atom stereocenters. The molecule has 2 unspecified atom stereocenters. The van der Waals surface area contributed by atoms with Crippen LogP contribution in [0.5, 0.6) is 0 Å². The molecule has 0 radical (unpaired) electrons. The summed E-state index contributed by atoms with van der Waals surface area (Å²) in [4.78, 5) is 74.7. The summed E-state index contributed by atoms with van der Waals surface area (Å²) >= 11 is 0. The first-order valence-electron chi connectivity index (χ1n) is 25.9. The molecule has 17 nitrogen and oxygen atoms in total. The maximum Gasteiger partial charge on any atom is 0.418 e. The number of nitrogens with zero attached hydrogens (tertiary/aromatic N) is 10. The van der Waals surface area contributed by atoms with Crippen LogP contribution in [0, 0.1) is 5.92 Å². The number of piperidine rings is 2. The van der Waals surface area contributed by atoms with Gasteiger partial charge in [-0.3, -0.25) is 38.4 Å². The van der Waals surface area contributed by atoms with Crippen molar-refractivity contribution < 1.29 is 37.1 Å². The zero-order valence-corrected chi connectivity index (χ0v) is 42.0. The molecule has 5 aliphatic rings. The van der Waals surface area contributed by atoms with Crippen molar-refractivity contribution in [2.24, 2.45) is 13.0 Å². The lowest BCUT2D eigenvalue weighted by Crippen LogP contribution is -2.52. The molecule has 392 valence electrons. The van der Waals surface area contributed by atoms with Crippen LogP contribution in [0.2, 0.25) is 0 Å². The molecular formula is C55H60F3N11O6. The molecular weight excluding hydrogens is 968 g/mol. The first-order chi connectivity index (χ1) is 36.2. The number of anilines is 2. The van der Waals surface area contributed by atoms with Gasteiger partial charge in [0.2, 0.25) is 11.8 Å². The van der Waals surface area contributed by atoms with E-state index in [1.165, 1.54) is 17.0 Å². The average Bonchev–Trinajstić information content (AvgIpc) is 4.07. The fourth-order valence-electron chi connectivity index (χ4n) is 11.6. The fraction of sp³-hybridized carbons (Fsp3) is 0.436. The zero-order chi connectivity index (χ0) is 52.1. The molecule has 7 heterocycles. The number of hydrogen-bond acceptors (Lipinski definition) is 11. The monoisotopic (exact) mass is 1030 g/mol. The first-order valence-corrected chi connectivity index (χ1v) is 25.9. The van der Waals surface area contributed by atoms with E-state index in [0.717, 1.165) is 97.1 Å². The molecule has 4 fully saturated rings. The van der Waals surface area contributed by atoms with E-state index in [-0.39, 0.29) is 54.8 Å². The van der Waals surface area contributed by atoms with Crippen LogP contribution >= 0.6 is 0 Å². The van der Waals surface area contributed by atoms with Gasteiger partial charge in [-0.05, 0) is 122 Å². The number of amides is 4. The van der Waals surface area contributed by atoms with Gasteiger partial charge in [-0.25, -0.2) is 4.79 Å². The van der Waals surface area contributed by atoms with Gasteiger partial charge in [-0.2, -0.15) is 13.2 Å². The van der Waals surface area contributed by atoms with Gasteiger partial charge in [-0.15, -0.1) is 10.2 Å². The summed E-state index contributed by atoms with van der Waals surface area (Å²) in [5, 5.41) is 10.8. The molecule has 3 saturated heterocycles. The third-order valence-electron chi connectivity index (χ3n) is 15.9. The number of likely N-dealkylation sites (tertiary alicyclic amines) is 1. The maximum atomic E-state index is 14.8. The summed E-state index contributed by atoms with van der Waals surface area (Å²) < 4.78 is 54.9. The molecule has 4 aliphatic heterocycles. The number of halogens is 3. The molecule has 1 N–H and O–H groups in total. The second-order valence-electron chi connectivity index (χ2n) is 20.7. The van der Waals surface area contributed by atoms with E-state index in [1.807, 2.05) is 72.3 Å². The van der Waals surface area contributed by atoms with Gasteiger partial charge in [0.1, 0.15) is 18.2 Å². The number of imide groups is 1. The van der Waals surface area contributed by atoms with Crippen LogP contribution in [0.15, 0.2) is 96.3 Å². The van der Waals surface area contributed by atoms with Crippen LogP contribution in [0.25, 0.3) is 11.2 Å². The number of hydrogen-bond donors (Lipinski definition) is 1. The Balaban J connectivity index is 0.672. The number of rotatable bonds is 14. The smallest absolute Gasteiger partial charge is 0.375 e. The largest absolute Gasteiger partial charge is 0.418 e. The van der Waals surface area contributed by atoms with Crippen molar-refractivity contribution >= 4 is 40.5 Å². The lowest BCUT2D eigenvalue weighted by molar-refractivity contribution is -0.137. The molecule has 20 heteroatoms. The maximum absolute atomic E-state index is 14.8. The number of carbonyl (C=O) groups excluding carboxylic acids is 4. The third kappa shape index (κ3) is 10.0. The second-order valence-corrected chi connectivity index (χ2v) is 20.7. The van der Waals surface area contributed by atoms with Gasteiger partial charge in [-0.1, -0.05) is 18.6 Å². The number of piperazine rings is 1. The van der Waals surface area contributed by atoms with E-state index >= 15 is 0 Å². The lowest BCUT2D eigenvalue weighted by Gasteiger charge is -2.37. The number of alkyl halides is 3. The minimum Gasteiger partial charge on any atom is -0.375 e. The topological polar surface area (TPSA) is 163 Å². The van der Waals surface area contributed by atoms with Crippen molar-refractivity contribution in [1.82, 2.24) is 43.7 Å². The van der Waals surface area contributed by atoms with Crippen LogP contribution < -0.4 is 20.8 Å². The SMILES string of the molecule is CN(CCOC1CCCN(Cc2cc(C(F)(F)F)c3cn(-c4cccc([C@H](c5nncn5C)C5CCC5)c4)c(=O)n3c2)C1)C(=O)c1ccc(N2CCN(c3ccc4c(c3)CN(C3CCC(=O)NC3=O)C4=O)CC2)cc1. The predicted octanol–water partition coefficient (Wildman–Crippen LogP) is 6.01. The van der Waals surface area contributed by atoms with E-state index in [1.54, 1.807) is 29.2 Å². The molecule has 75 heavy (non-hydrogen) atoms. The van der Waals surface area contributed by atoms with Crippen molar-refractivity contribution in [2.45, 2.75) is 82.3 Å². The van der Waals surface area contributed by atoms with Gasteiger partial charge < -0.3 is 28.9 Å². The van der Waals surface area contributed by atoms with E-state index in [2.05, 4.69) is 30.2 Å². The van der Waals surface area contributed by atoms with E-state index in [0.29, 0.717) is 60.9 Å². The van der Waals surface area contributed by atoms with Crippen LogP contribution in [0.4, 0.5) is 24.5 Å². The fourth-order valence-corrected chi connectivity index (χ4v) is 11.6. The second kappa shape index (κ2) is 20.4. The number of likely N-dealkylation sites (N-methyl/N-ethyl adjacent to an activating group) is 1. The number of nitrogens with one attached hydrogen (secondary N) is 1. The zero-order valence-electron chi connectivity index (χ0n) is 42.0. The number of imidazole rings is 1. The van der Waals surface area contributed by atoms with Crippen molar-refractivity contribution in [3.8, 4) is 5.69 Å². The third-order valence-corrected chi connectivity index (χ3v) is 15.9. The van der Waals surface area contributed by atoms with Gasteiger partial charge in [0.05, 0.1) is 29.5 Å². The quantitative estimate of drug-likeness (QED) is 0.127. The number of benzene rings is 3. The van der Waals surface area contributed by atoms with E-state index in [4.69, 9.17) is 4.74 Å². The molecule has 6 aromatic rings. The van der Waals surface area contributed by atoms with E-state index < -0.39 is 29.4 Å². The number of pyridine rings is 1. The molecule has 1 saturated carbocycles. The van der Waals surface area contributed by atoms with Crippen LogP contribution in [-0.2, 0) is 40.6 Å². The number of aromatic nitrogens is 5. The Morgan fingerprint density at radius 3 is 2.33 bits per heavy atom. The minimum absolute atomic E-state index is 0.0601. The van der Waals surface area contributed by atoms with Gasteiger partial charge >= 0.3 is 11.9 Å². The Labute approximate surface area is 431 Å². The van der Waals surface area contributed by atoms with Gasteiger partial charge in [0.15, 0.2) is 0 Å². The normalized spacial score (nSPS) is 20.1. The van der Waals surface area contributed by atoms with Crippen molar-refractivity contribution in [1.29, 1.82) is 0 Å². The Morgan fingerprint density at radius 2 is 1.63 bits per heavy atom. The molecule has 0 spiro atoms. The number of carbonyl (C=O) groups is 4. The Morgan fingerprint density at radius 1 is 0.867 bits per heavy atom. The Kier molecular flexibility index (Phi) is 13.6. The van der Waals surface area contributed by atoms with Crippen molar-refractivity contribution in [3.63, 3.8) is 0 Å². The number of fused-ring (bicyclic) bond motifs is 2. The molecule has 0 bridgehead atoms. The summed E-state index contributed by atoms with van der Waals surface area (Å²) in [5.41, 5.74) is 4.12. The summed E-state index contributed by atoms with van der Waals surface area (Å²) in [5.74, 6) is 0.0313. The van der Waals surface area contributed by atoms with Crippen LogP contribution in [-0.4, -0.2) is 134 Å². The highest BCUT2D eigenvalue weighted by Crippen LogP contribution is 2.43.